The first kappa shape index (κ1) is 18.8. The van der Waals surface area contributed by atoms with Crippen LogP contribution in [-0.2, 0) is 9.59 Å². The second kappa shape index (κ2) is 7.83. The van der Waals surface area contributed by atoms with Gasteiger partial charge >= 0.3 is 0 Å². The van der Waals surface area contributed by atoms with Crippen LogP contribution in [-0.4, -0.2) is 38.1 Å². The Bertz CT molecular complexity index is 900. The largest absolute Gasteiger partial charge is 0.482 e. The van der Waals surface area contributed by atoms with Crippen LogP contribution in [0.4, 0.5) is 17.1 Å². The molecule has 2 aromatic carbocycles. The summed E-state index contributed by atoms with van der Waals surface area (Å²) in [5, 5.41) is 2.88. The van der Waals surface area contributed by atoms with Gasteiger partial charge in [-0.25, -0.2) is 0 Å². The highest BCUT2D eigenvalue weighted by atomic mass is 79.9. The van der Waals surface area contributed by atoms with Crippen LogP contribution in [0.5, 0.6) is 5.75 Å². The van der Waals surface area contributed by atoms with E-state index in [4.69, 9.17) is 4.74 Å². The zero-order valence-corrected chi connectivity index (χ0v) is 17.2. The second-order valence-corrected chi connectivity index (χ2v) is 8.23. The fraction of sp³-hybridized carbons (Fsp3) is 0.333. The van der Waals surface area contributed by atoms with E-state index in [1.807, 2.05) is 30.3 Å². The Labute approximate surface area is 172 Å². The van der Waals surface area contributed by atoms with Gasteiger partial charge in [0.15, 0.2) is 6.61 Å². The van der Waals surface area contributed by atoms with E-state index >= 15 is 0 Å². The molecule has 4 rings (SSSR count). The average Bonchev–Trinajstić information content (AvgIpc) is 3.11. The van der Waals surface area contributed by atoms with Crippen LogP contribution < -0.4 is 19.9 Å². The van der Waals surface area contributed by atoms with Crippen molar-refractivity contribution < 1.29 is 14.3 Å². The molecular weight excluding hydrogens is 422 g/mol. The average molecular weight is 444 g/mol. The third kappa shape index (κ3) is 3.99. The summed E-state index contributed by atoms with van der Waals surface area (Å²) < 4.78 is 6.32. The predicted octanol–water partition coefficient (Wildman–Crippen LogP) is 3.66. The number of nitrogens with zero attached hydrogens (tertiary/aromatic N) is 2. The highest BCUT2D eigenvalue weighted by Gasteiger charge is 2.27. The lowest BCUT2D eigenvalue weighted by Gasteiger charge is -2.29. The summed E-state index contributed by atoms with van der Waals surface area (Å²) in [5.41, 5.74) is 2.50. The summed E-state index contributed by atoms with van der Waals surface area (Å²) in [6.07, 6.45) is 1.21. The van der Waals surface area contributed by atoms with E-state index < -0.39 is 0 Å². The lowest BCUT2D eigenvalue weighted by atomic mass is 10.2. The standard InChI is InChI=1S/C21H22BrN3O3/c1-14-8-9-24(11-14)17-5-3-16(4-6-17)23-20(26)12-25-18-7-2-15(22)10-19(18)28-13-21(25)27/h2-7,10,14H,8-9,11-13H2,1H3,(H,23,26). The molecule has 2 aliphatic rings. The van der Waals surface area contributed by atoms with Crippen molar-refractivity contribution in [3.05, 3.63) is 46.9 Å². The maximum atomic E-state index is 12.5. The molecule has 0 spiro atoms. The molecule has 1 saturated heterocycles. The maximum Gasteiger partial charge on any atom is 0.265 e. The van der Waals surface area contributed by atoms with Gasteiger partial charge in [0.1, 0.15) is 12.3 Å². The van der Waals surface area contributed by atoms with Gasteiger partial charge < -0.3 is 15.0 Å². The molecule has 2 amide bonds. The van der Waals surface area contributed by atoms with Crippen molar-refractivity contribution in [1.29, 1.82) is 0 Å². The first-order valence-electron chi connectivity index (χ1n) is 9.37. The molecule has 1 N–H and O–H groups in total. The molecular formula is C21H22BrN3O3. The highest BCUT2D eigenvalue weighted by molar-refractivity contribution is 9.10. The smallest absolute Gasteiger partial charge is 0.265 e. The van der Waals surface area contributed by atoms with Gasteiger partial charge in [0.25, 0.3) is 5.91 Å². The number of carbonyl (C=O) groups is 2. The van der Waals surface area contributed by atoms with E-state index in [1.165, 1.54) is 17.0 Å². The Morgan fingerprint density at radius 2 is 2.04 bits per heavy atom. The minimum absolute atomic E-state index is 0.0534. The van der Waals surface area contributed by atoms with Crippen molar-refractivity contribution in [2.24, 2.45) is 5.92 Å². The molecule has 1 unspecified atom stereocenters. The quantitative estimate of drug-likeness (QED) is 0.782. The second-order valence-electron chi connectivity index (χ2n) is 7.32. The molecule has 0 saturated carbocycles. The van der Waals surface area contributed by atoms with Gasteiger partial charge in [-0.05, 0) is 54.8 Å². The fourth-order valence-corrected chi connectivity index (χ4v) is 3.96. The Balaban J connectivity index is 1.41. The van der Waals surface area contributed by atoms with E-state index in [0.717, 1.165) is 23.2 Å². The number of anilines is 3. The number of amides is 2. The topological polar surface area (TPSA) is 61.9 Å². The Morgan fingerprint density at radius 3 is 2.75 bits per heavy atom. The summed E-state index contributed by atoms with van der Waals surface area (Å²) in [5.74, 6) is 0.829. The molecule has 28 heavy (non-hydrogen) atoms. The number of halogens is 1. The SMILES string of the molecule is CC1CCN(c2ccc(NC(=O)CN3C(=O)COc4cc(Br)ccc43)cc2)C1. The summed E-state index contributed by atoms with van der Waals surface area (Å²) in [7, 11) is 0. The van der Waals surface area contributed by atoms with Crippen LogP contribution in [0.25, 0.3) is 0 Å². The van der Waals surface area contributed by atoms with Crippen LogP contribution in [0.15, 0.2) is 46.9 Å². The molecule has 6 nitrogen and oxygen atoms in total. The summed E-state index contributed by atoms with van der Waals surface area (Å²) in [6, 6.07) is 13.3. The van der Waals surface area contributed by atoms with Crippen LogP contribution >= 0.6 is 15.9 Å². The van der Waals surface area contributed by atoms with Gasteiger partial charge in [-0.1, -0.05) is 22.9 Å². The van der Waals surface area contributed by atoms with Crippen LogP contribution in [0.2, 0.25) is 0 Å². The maximum absolute atomic E-state index is 12.5. The zero-order valence-electron chi connectivity index (χ0n) is 15.7. The number of carbonyl (C=O) groups excluding carboxylic acids is 2. The van der Waals surface area contributed by atoms with Crippen LogP contribution in [0.3, 0.4) is 0 Å². The number of rotatable bonds is 4. The van der Waals surface area contributed by atoms with Crippen molar-refractivity contribution in [1.82, 2.24) is 0 Å². The first-order valence-corrected chi connectivity index (χ1v) is 10.2. The van der Waals surface area contributed by atoms with E-state index in [2.05, 4.69) is 33.1 Å². The van der Waals surface area contributed by atoms with Crippen molar-refractivity contribution >= 4 is 44.8 Å². The lowest BCUT2D eigenvalue weighted by molar-refractivity contribution is -0.123. The lowest BCUT2D eigenvalue weighted by Crippen LogP contribution is -2.43. The third-order valence-corrected chi connectivity index (χ3v) is 5.60. The minimum Gasteiger partial charge on any atom is -0.482 e. The Hall–Kier alpha value is -2.54. The van der Waals surface area contributed by atoms with Gasteiger partial charge in [-0.2, -0.15) is 0 Å². The molecule has 7 heteroatoms. The summed E-state index contributed by atoms with van der Waals surface area (Å²) in [6.45, 7) is 4.28. The number of hydrogen-bond donors (Lipinski definition) is 1. The van der Waals surface area contributed by atoms with E-state index in [1.54, 1.807) is 12.1 Å². The van der Waals surface area contributed by atoms with Crippen molar-refractivity contribution in [3.63, 3.8) is 0 Å². The van der Waals surface area contributed by atoms with E-state index in [-0.39, 0.29) is 25.0 Å². The van der Waals surface area contributed by atoms with Gasteiger partial charge in [0, 0.05) is 28.9 Å². The zero-order chi connectivity index (χ0) is 19.7. The number of nitrogens with one attached hydrogen (secondary N) is 1. The predicted molar refractivity (Wildman–Crippen MR) is 113 cm³/mol. The molecule has 0 aromatic heterocycles. The molecule has 2 aliphatic heterocycles. The first-order chi connectivity index (χ1) is 13.5. The number of fused-ring (bicyclic) bond motifs is 1. The fourth-order valence-electron chi connectivity index (χ4n) is 3.62. The molecule has 2 aromatic rings. The Morgan fingerprint density at radius 1 is 1.25 bits per heavy atom. The molecule has 0 aliphatic carbocycles. The van der Waals surface area contributed by atoms with Gasteiger partial charge in [0.05, 0.1) is 5.69 Å². The molecule has 0 bridgehead atoms. The minimum atomic E-state index is -0.244. The van der Waals surface area contributed by atoms with Gasteiger partial charge in [-0.15, -0.1) is 0 Å². The van der Waals surface area contributed by atoms with E-state index in [9.17, 15) is 9.59 Å². The molecule has 146 valence electrons. The van der Waals surface area contributed by atoms with E-state index in [0.29, 0.717) is 17.4 Å². The monoisotopic (exact) mass is 443 g/mol. The van der Waals surface area contributed by atoms with Gasteiger partial charge in [-0.3, -0.25) is 14.5 Å². The number of hydrogen-bond acceptors (Lipinski definition) is 4. The summed E-state index contributed by atoms with van der Waals surface area (Å²) >= 11 is 3.39. The van der Waals surface area contributed by atoms with Crippen molar-refractivity contribution in [2.75, 3.05) is 41.4 Å². The van der Waals surface area contributed by atoms with Gasteiger partial charge in [0.2, 0.25) is 5.91 Å². The Kier molecular flexibility index (Phi) is 5.26. The van der Waals surface area contributed by atoms with Crippen molar-refractivity contribution in [3.8, 4) is 5.75 Å². The highest BCUT2D eigenvalue weighted by Crippen LogP contribution is 2.34. The van der Waals surface area contributed by atoms with Crippen LogP contribution in [0.1, 0.15) is 13.3 Å². The number of benzene rings is 2. The summed E-state index contributed by atoms with van der Waals surface area (Å²) in [4.78, 5) is 28.6. The third-order valence-electron chi connectivity index (χ3n) is 5.11. The molecule has 1 fully saturated rings. The van der Waals surface area contributed by atoms with Crippen LogP contribution in [0, 0.1) is 5.92 Å². The number of ether oxygens (including phenoxy) is 1. The normalized spacial score (nSPS) is 18.6. The molecule has 1 atom stereocenters. The molecule has 0 radical (unpaired) electrons. The molecule has 2 heterocycles. The van der Waals surface area contributed by atoms with Crippen molar-refractivity contribution in [2.45, 2.75) is 13.3 Å².